The number of nitrogens with two attached hydrogens (primary N) is 1. The van der Waals surface area contributed by atoms with Gasteiger partial charge in [-0.15, -0.1) is 0 Å². The normalized spacial score (nSPS) is 20.7. The lowest BCUT2D eigenvalue weighted by Crippen LogP contribution is -2.05. The van der Waals surface area contributed by atoms with Crippen LogP contribution in [0.1, 0.15) is 37.4 Å². The van der Waals surface area contributed by atoms with Gasteiger partial charge in [0, 0.05) is 11.5 Å². The minimum Gasteiger partial charge on any atom is -0.383 e. The summed E-state index contributed by atoms with van der Waals surface area (Å²) in [7, 11) is 0. The van der Waals surface area contributed by atoms with Crippen molar-refractivity contribution in [2.24, 2.45) is 5.92 Å². The molecule has 0 bridgehead atoms. The molecule has 1 aliphatic carbocycles. The Morgan fingerprint density at radius 1 is 1.46 bits per heavy atom. The molecular formula is C10H15N3. The van der Waals surface area contributed by atoms with Crippen LogP contribution in [0.5, 0.6) is 0 Å². The van der Waals surface area contributed by atoms with E-state index in [1.54, 1.807) is 6.33 Å². The molecule has 13 heavy (non-hydrogen) atoms. The Kier molecular flexibility index (Phi) is 1.94. The van der Waals surface area contributed by atoms with Crippen molar-refractivity contribution in [3.63, 3.8) is 0 Å². The van der Waals surface area contributed by atoms with E-state index in [0.717, 1.165) is 6.42 Å². The molecule has 0 saturated carbocycles. The molecular weight excluding hydrogens is 162 g/mol. The van der Waals surface area contributed by atoms with Gasteiger partial charge in [0.25, 0.3) is 0 Å². The van der Waals surface area contributed by atoms with Gasteiger partial charge in [-0.2, -0.15) is 0 Å². The van der Waals surface area contributed by atoms with Crippen LogP contribution in [-0.2, 0) is 6.42 Å². The van der Waals surface area contributed by atoms with Crippen LogP contribution >= 0.6 is 0 Å². The van der Waals surface area contributed by atoms with E-state index >= 15 is 0 Å². The van der Waals surface area contributed by atoms with Gasteiger partial charge in [-0.1, -0.05) is 13.8 Å². The number of hydrogen-bond donors (Lipinski definition) is 1. The van der Waals surface area contributed by atoms with Gasteiger partial charge in [-0.25, -0.2) is 9.97 Å². The smallest absolute Gasteiger partial charge is 0.130 e. The Hall–Kier alpha value is -1.12. The van der Waals surface area contributed by atoms with E-state index in [9.17, 15) is 0 Å². The summed E-state index contributed by atoms with van der Waals surface area (Å²) >= 11 is 0. The fraction of sp³-hybridized carbons (Fsp3) is 0.600. The molecule has 1 unspecified atom stereocenters. The number of nitrogen functional groups attached to an aromatic ring is 1. The monoisotopic (exact) mass is 177 g/mol. The highest BCUT2D eigenvalue weighted by atomic mass is 14.9. The fourth-order valence-corrected chi connectivity index (χ4v) is 2.10. The molecule has 0 aliphatic heterocycles. The second-order valence-electron chi connectivity index (χ2n) is 4.01. The SMILES string of the molecule is CC(C)C1CCc2c(N)ncnc21. The van der Waals surface area contributed by atoms with Gasteiger partial charge in [0.05, 0.1) is 5.69 Å². The molecule has 1 aliphatic rings. The van der Waals surface area contributed by atoms with E-state index in [1.165, 1.54) is 17.7 Å². The van der Waals surface area contributed by atoms with Crippen molar-refractivity contribution in [3.8, 4) is 0 Å². The van der Waals surface area contributed by atoms with Crippen LogP contribution in [-0.4, -0.2) is 9.97 Å². The quantitative estimate of drug-likeness (QED) is 0.711. The summed E-state index contributed by atoms with van der Waals surface area (Å²) < 4.78 is 0. The van der Waals surface area contributed by atoms with Crippen molar-refractivity contribution in [2.45, 2.75) is 32.6 Å². The largest absolute Gasteiger partial charge is 0.383 e. The van der Waals surface area contributed by atoms with Crippen LogP contribution in [0.15, 0.2) is 6.33 Å². The first-order valence-corrected chi connectivity index (χ1v) is 4.79. The highest BCUT2D eigenvalue weighted by Gasteiger charge is 2.28. The number of anilines is 1. The highest BCUT2D eigenvalue weighted by Crippen LogP contribution is 2.38. The zero-order valence-electron chi connectivity index (χ0n) is 8.12. The molecule has 0 amide bonds. The van der Waals surface area contributed by atoms with E-state index < -0.39 is 0 Å². The van der Waals surface area contributed by atoms with Crippen molar-refractivity contribution in [1.82, 2.24) is 9.97 Å². The molecule has 1 heterocycles. The van der Waals surface area contributed by atoms with Crippen LogP contribution < -0.4 is 5.73 Å². The first kappa shape index (κ1) is 8.48. The maximum atomic E-state index is 5.78. The van der Waals surface area contributed by atoms with E-state index in [0.29, 0.717) is 17.7 Å². The Morgan fingerprint density at radius 3 is 2.92 bits per heavy atom. The molecule has 0 fully saturated rings. The molecule has 0 radical (unpaired) electrons. The zero-order chi connectivity index (χ0) is 9.42. The van der Waals surface area contributed by atoms with Crippen LogP contribution in [0.4, 0.5) is 5.82 Å². The molecule has 0 spiro atoms. The van der Waals surface area contributed by atoms with Gasteiger partial charge < -0.3 is 5.73 Å². The summed E-state index contributed by atoms with van der Waals surface area (Å²) in [6, 6.07) is 0. The van der Waals surface area contributed by atoms with Gasteiger partial charge in [0.1, 0.15) is 12.1 Å². The minimum absolute atomic E-state index is 0.584. The van der Waals surface area contributed by atoms with E-state index in [2.05, 4.69) is 23.8 Å². The predicted molar refractivity (Wildman–Crippen MR) is 52.3 cm³/mol. The van der Waals surface area contributed by atoms with Crippen molar-refractivity contribution < 1.29 is 0 Å². The third-order valence-corrected chi connectivity index (χ3v) is 2.87. The van der Waals surface area contributed by atoms with Crippen LogP contribution in [0, 0.1) is 5.92 Å². The van der Waals surface area contributed by atoms with Crippen LogP contribution in [0.2, 0.25) is 0 Å². The van der Waals surface area contributed by atoms with Crippen molar-refractivity contribution in [3.05, 3.63) is 17.6 Å². The lowest BCUT2D eigenvalue weighted by atomic mass is 9.94. The average molecular weight is 177 g/mol. The number of aromatic nitrogens is 2. The second-order valence-corrected chi connectivity index (χ2v) is 4.01. The lowest BCUT2D eigenvalue weighted by molar-refractivity contribution is 0.487. The first-order chi connectivity index (χ1) is 6.20. The Labute approximate surface area is 78.4 Å². The Morgan fingerprint density at radius 2 is 2.23 bits per heavy atom. The standard InChI is InChI=1S/C10H15N3/c1-6(2)7-3-4-8-9(7)12-5-13-10(8)11/h5-7H,3-4H2,1-2H3,(H2,11,12,13). The fourth-order valence-electron chi connectivity index (χ4n) is 2.10. The molecule has 2 N–H and O–H groups in total. The van der Waals surface area contributed by atoms with E-state index in [4.69, 9.17) is 5.73 Å². The predicted octanol–water partition coefficient (Wildman–Crippen LogP) is 1.74. The van der Waals surface area contributed by atoms with Crippen LogP contribution in [0.3, 0.4) is 0 Å². The summed E-state index contributed by atoms with van der Waals surface area (Å²) in [5.41, 5.74) is 8.15. The number of hydrogen-bond acceptors (Lipinski definition) is 3. The summed E-state index contributed by atoms with van der Waals surface area (Å²) in [4.78, 5) is 8.34. The van der Waals surface area contributed by atoms with Gasteiger partial charge >= 0.3 is 0 Å². The number of fused-ring (bicyclic) bond motifs is 1. The van der Waals surface area contributed by atoms with Gasteiger partial charge in [-0.3, -0.25) is 0 Å². The van der Waals surface area contributed by atoms with Crippen molar-refractivity contribution in [2.75, 3.05) is 5.73 Å². The van der Waals surface area contributed by atoms with Crippen molar-refractivity contribution in [1.29, 1.82) is 0 Å². The summed E-state index contributed by atoms with van der Waals surface area (Å²) in [5, 5.41) is 0. The minimum atomic E-state index is 0.584. The topological polar surface area (TPSA) is 51.8 Å². The van der Waals surface area contributed by atoms with Gasteiger partial charge in [0.2, 0.25) is 0 Å². The first-order valence-electron chi connectivity index (χ1n) is 4.79. The van der Waals surface area contributed by atoms with E-state index in [-0.39, 0.29) is 0 Å². The average Bonchev–Trinajstić information content (AvgIpc) is 2.48. The number of nitrogens with zero attached hydrogens (tertiary/aromatic N) is 2. The van der Waals surface area contributed by atoms with Gasteiger partial charge in [-0.05, 0) is 18.8 Å². The molecule has 3 heteroatoms. The Balaban J connectivity index is 2.43. The maximum Gasteiger partial charge on any atom is 0.130 e. The molecule has 0 aromatic carbocycles. The maximum absolute atomic E-state index is 5.78. The molecule has 2 rings (SSSR count). The molecule has 70 valence electrons. The third-order valence-electron chi connectivity index (χ3n) is 2.87. The zero-order valence-corrected chi connectivity index (χ0v) is 8.12. The van der Waals surface area contributed by atoms with E-state index in [1.807, 2.05) is 0 Å². The lowest BCUT2D eigenvalue weighted by Gasteiger charge is -2.13. The highest BCUT2D eigenvalue weighted by molar-refractivity contribution is 5.45. The van der Waals surface area contributed by atoms with Crippen LogP contribution in [0.25, 0.3) is 0 Å². The second kappa shape index (κ2) is 2.98. The third kappa shape index (κ3) is 1.28. The molecule has 0 saturated heterocycles. The summed E-state index contributed by atoms with van der Waals surface area (Å²) in [6.07, 6.45) is 3.80. The number of rotatable bonds is 1. The summed E-state index contributed by atoms with van der Waals surface area (Å²) in [5.74, 6) is 1.91. The molecule has 1 aromatic rings. The Bertz CT molecular complexity index is 320. The summed E-state index contributed by atoms with van der Waals surface area (Å²) in [6.45, 7) is 4.47. The molecule has 1 atom stereocenters. The molecule has 1 aromatic heterocycles. The van der Waals surface area contributed by atoms with Gasteiger partial charge in [0.15, 0.2) is 0 Å². The molecule has 3 nitrogen and oxygen atoms in total. The van der Waals surface area contributed by atoms with Crippen molar-refractivity contribution >= 4 is 5.82 Å².